The molecule has 216 valence electrons. The van der Waals surface area contributed by atoms with E-state index in [1.54, 1.807) is 48.3 Å². The van der Waals surface area contributed by atoms with Gasteiger partial charge in [-0.2, -0.15) is 0 Å². The Bertz CT molecular complexity index is 1690. The van der Waals surface area contributed by atoms with Gasteiger partial charge >= 0.3 is 11.9 Å². The van der Waals surface area contributed by atoms with E-state index >= 15 is 0 Å². The third kappa shape index (κ3) is 5.58. The van der Waals surface area contributed by atoms with Crippen molar-refractivity contribution in [1.82, 2.24) is 4.98 Å². The fraction of sp³-hybridized carbons (Fsp3) is 0.250. The van der Waals surface area contributed by atoms with E-state index in [1.807, 2.05) is 45.9 Å². The van der Waals surface area contributed by atoms with Crippen LogP contribution in [0.2, 0.25) is 0 Å². The average molecular weight is 586 g/mol. The number of aryl methyl sites for hydroxylation is 2. The molecule has 9 nitrogen and oxygen atoms in total. The van der Waals surface area contributed by atoms with Crippen LogP contribution in [0, 0.1) is 13.8 Å². The van der Waals surface area contributed by atoms with Crippen LogP contribution in [0.15, 0.2) is 60.8 Å². The maximum Gasteiger partial charge on any atom is 0.348 e. The number of ether oxygens (including phenoxy) is 3. The summed E-state index contributed by atoms with van der Waals surface area (Å²) in [5.74, 6) is -0.406. The number of aromatic nitrogens is 1. The van der Waals surface area contributed by atoms with Gasteiger partial charge in [-0.15, -0.1) is 11.3 Å². The monoisotopic (exact) mass is 585 g/mol. The zero-order valence-electron chi connectivity index (χ0n) is 24.2. The lowest BCUT2D eigenvalue weighted by molar-refractivity contribution is -0.121. The number of nitrogens with one attached hydrogen (secondary N) is 1. The number of hydrogen-bond acceptors (Lipinski definition) is 9. The first-order valence-corrected chi connectivity index (χ1v) is 14.1. The number of hydrogen-bond donors (Lipinski definition) is 1. The summed E-state index contributed by atoms with van der Waals surface area (Å²) in [6.07, 6.45) is 1.47. The van der Waals surface area contributed by atoms with Gasteiger partial charge in [-0.3, -0.25) is 9.78 Å². The molecule has 0 radical (unpaired) electrons. The molecule has 4 aromatic rings. The van der Waals surface area contributed by atoms with Crippen LogP contribution in [-0.4, -0.2) is 42.5 Å². The number of esters is 2. The summed E-state index contributed by atoms with van der Waals surface area (Å²) in [6.45, 7) is 7.30. The average Bonchev–Trinajstić information content (AvgIpc) is 3.41. The topological polar surface area (TPSA) is 107 Å². The fourth-order valence-electron chi connectivity index (χ4n) is 4.89. The van der Waals surface area contributed by atoms with E-state index in [0.29, 0.717) is 38.6 Å². The minimum atomic E-state index is -0.818. The number of carbonyl (C=O) groups is 3. The quantitative estimate of drug-likeness (QED) is 0.202. The Morgan fingerprint density at radius 1 is 1.00 bits per heavy atom. The lowest BCUT2D eigenvalue weighted by Gasteiger charge is -2.39. The van der Waals surface area contributed by atoms with Gasteiger partial charge in [0.15, 0.2) is 0 Å². The summed E-state index contributed by atoms with van der Waals surface area (Å²) in [5.41, 5.74) is 3.64. The Hall–Kier alpha value is -4.70. The van der Waals surface area contributed by atoms with Crippen molar-refractivity contribution >= 4 is 40.6 Å². The smallest absolute Gasteiger partial charge is 0.348 e. The first kappa shape index (κ1) is 28.8. The first-order valence-electron chi connectivity index (χ1n) is 13.3. The van der Waals surface area contributed by atoms with Gasteiger partial charge < -0.3 is 24.4 Å². The van der Waals surface area contributed by atoms with Crippen LogP contribution in [0.4, 0.5) is 11.4 Å². The number of rotatable bonds is 7. The highest BCUT2D eigenvalue weighted by atomic mass is 32.1. The number of methoxy groups -OCH3 is 1. The molecule has 0 spiro atoms. The normalized spacial score (nSPS) is 13.7. The van der Waals surface area contributed by atoms with Gasteiger partial charge in [0.1, 0.15) is 28.5 Å². The van der Waals surface area contributed by atoms with E-state index in [4.69, 9.17) is 14.2 Å². The molecular formula is C32H31N3O6S. The van der Waals surface area contributed by atoms with Crippen LogP contribution < -0.4 is 19.7 Å². The van der Waals surface area contributed by atoms with Crippen LogP contribution >= 0.6 is 11.3 Å². The Labute approximate surface area is 248 Å². The van der Waals surface area contributed by atoms with Crippen LogP contribution in [-0.2, 0) is 16.1 Å². The van der Waals surface area contributed by atoms with Crippen molar-refractivity contribution in [1.29, 1.82) is 0 Å². The second kappa shape index (κ2) is 11.3. The molecule has 1 aliphatic heterocycles. The van der Waals surface area contributed by atoms with Crippen molar-refractivity contribution in [2.45, 2.75) is 39.8 Å². The maximum atomic E-state index is 13.3. The molecule has 1 N–H and O–H groups in total. The Kier molecular flexibility index (Phi) is 7.74. The largest absolute Gasteiger partial charge is 0.496 e. The van der Waals surface area contributed by atoms with Gasteiger partial charge in [0.05, 0.1) is 24.0 Å². The van der Waals surface area contributed by atoms with Crippen molar-refractivity contribution in [3.63, 3.8) is 0 Å². The summed E-state index contributed by atoms with van der Waals surface area (Å²) in [4.78, 5) is 46.1. The second-order valence-corrected chi connectivity index (χ2v) is 11.8. The van der Waals surface area contributed by atoms with Crippen molar-refractivity contribution in [3.8, 4) is 22.6 Å². The first-order chi connectivity index (χ1) is 20.0. The van der Waals surface area contributed by atoms with Gasteiger partial charge in [0.2, 0.25) is 0 Å². The number of benzene rings is 2. The van der Waals surface area contributed by atoms with Gasteiger partial charge in [-0.05, 0) is 75.7 Å². The van der Waals surface area contributed by atoms with Gasteiger partial charge in [0, 0.05) is 41.0 Å². The maximum absolute atomic E-state index is 13.3. The molecule has 0 unspecified atom stereocenters. The van der Waals surface area contributed by atoms with E-state index in [9.17, 15) is 14.4 Å². The number of fused-ring (bicyclic) bond motifs is 1. The van der Waals surface area contributed by atoms with Gasteiger partial charge in [0.25, 0.3) is 5.91 Å². The molecular weight excluding hydrogens is 554 g/mol. The van der Waals surface area contributed by atoms with Crippen molar-refractivity contribution in [2.24, 2.45) is 0 Å². The lowest BCUT2D eigenvalue weighted by atomic mass is 9.91. The highest BCUT2D eigenvalue weighted by Gasteiger charge is 2.39. The number of nitrogens with zero attached hydrogens (tertiary/aromatic N) is 2. The molecule has 1 amide bonds. The molecule has 0 aliphatic carbocycles. The molecule has 0 fully saturated rings. The van der Waals surface area contributed by atoms with Crippen LogP contribution in [0.5, 0.6) is 11.5 Å². The number of likely N-dealkylation sites (N-methyl/N-ethyl adjacent to an activating group) is 1. The molecule has 2 aromatic carbocycles. The fourth-order valence-corrected chi connectivity index (χ4v) is 5.66. The van der Waals surface area contributed by atoms with Crippen LogP contribution in [0.1, 0.15) is 50.0 Å². The van der Waals surface area contributed by atoms with Crippen molar-refractivity contribution < 1.29 is 28.6 Å². The third-order valence-corrected chi connectivity index (χ3v) is 8.00. The number of amides is 1. The molecule has 0 saturated heterocycles. The zero-order chi connectivity index (χ0) is 30.2. The lowest BCUT2D eigenvalue weighted by Crippen LogP contribution is -2.52. The summed E-state index contributed by atoms with van der Waals surface area (Å²) in [7, 11) is 3.23. The highest BCUT2D eigenvalue weighted by Crippen LogP contribution is 2.45. The molecule has 3 heterocycles. The molecule has 5 rings (SSSR count). The van der Waals surface area contributed by atoms with E-state index in [-0.39, 0.29) is 18.3 Å². The predicted molar refractivity (Wildman–Crippen MR) is 162 cm³/mol. The molecule has 0 bridgehead atoms. The minimum absolute atomic E-state index is 0.0890. The third-order valence-electron chi connectivity index (χ3n) is 7.01. The summed E-state index contributed by atoms with van der Waals surface area (Å²) in [6, 6.07) is 15.8. The number of pyridine rings is 1. The predicted octanol–water partition coefficient (Wildman–Crippen LogP) is 6.18. The Morgan fingerprint density at radius 2 is 1.76 bits per heavy atom. The standard InChI is InChI=1S/C32H31N3O6S/c1-18-7-9-20(16-33-18)29(36)41-21-10-11-23(26(15-21)39-6)22-12-13-25-28(35(5)31(38)32(3,4)34-25)24(22)17-40-30(37)27-14-8-19(2)42-27/h7-16,34H,17H2,1-6H3. The molecule has 2 aromatic heterocycles. The Morgan fingerprint density at radius 3 is 2.43 bits per heavy atom. The summed E-state index contributed by atoms with van der Waals surface area (Å²) in [5, 5.41) is 3.31. The van der Waals surface area contributed by atoms with Gasteiger partial charge in [-0.25, -0.2) is 9.59 Å². The van der Waals surface area contributed by atoms with Crippen LogP contribution in [0.25, 0.3) is 11.1 Å². The second-order valence-electron chi connectivity index (χ2n) is 10.5. The van der Waals surface area contributed by atoms with E-state index in [0.717, 1.165) is 16.3 Å². The molecule has 1 aliphatic rings. The van der Waals surface area contributed by atoms with E-state index < -0.39 is 17.5 Å². The van der Waals surface area contributed by atoms with Gasteiger partial charge in [-0.1, -0.05) is 6.07 Å². The van der Waals surface area contributed by atoms with E-state index in [2.05, 4.69) is 10.3 Å². The summed E-state index contributed by atoms with van der Waals surface area (Å²) >= 11 is 1.36. The van der Waals surface area contributed by atoms with E-state index in [1.165, 1.54) is 24.6 Å². The molecule has 10 heteroatoms. The number of carbonyl (C=O) groups excluding carboxylic acids is 3. The molecule has 42 heavy (non-hydrogen) atoms. The highest BCUT2D eigenvalue weighted by molar-refractivity contribution is 7.13. The minimum Gasteiger partial charge on any atom is -0.496 e. The molecule has 0 atom stereocenters. The zero-order valence-corrected chi connectivity index (χ0v) is 25.0. The van der Waals surface area contributed by atoms with Crippen molar-refractivity contribution in [3.05, 3.63) is 87.4 Å². The molecule has 0 saturated carbocycles. The number of thiophene rings is 1. The SMILES string of the molecule is COc1cc(OC(=O)c2ccc(C)nc2)ccc1-c1ccc2c(c1COC(=O)c1ccc(C)s1)N(C)C(=O)C(C)(C)N2. The van der Waals surface area contributed by atoms with Crippen molar-refractivity contribution in [2.75, 3.05) is 24.4 Å². The summed E-state index contributed by atoms with van der Waals surface area (Å²) < 4.78 is 17.1. The number of anilines is 2. The van der Waals surface area contributed by atoms with Crippen LogP contribution in [0.3, 0.4) is 0 Å². The Balaban J connectivity index is 1.54.